The van der Waals surface area contributed by atoms with Crippen LogP contribution in [0, 0.1) is 41.5 Å². The average Bonchev–Trinajstić information content (AvgIpc) is 4.02. The van der Waals surface area contributed by atoms with Crippen LogP contribution in [0.5, 0.6) is 0 Å². The zero-order valence-corrected chi connectivity index (χ0v) is 36.7. The van der Waals surface area contributed by atoms with Gasteiger partial charge in [-0.3, -0.25) is 9.69 Å². The highest BCUT2D eigenvalue weighted by molar-refractivity contribution is 6.00. The Morgan fingerprint density at radius 2 is 1.32 bits per heavy atom. The van der Waals surface area contributed by atoms with Crippen molar-refractivity contribution in [1.82, 2.24) is 43.9 Å². The summed E-state index contributed by atoms with van der Waals surface area (Å²) in [6, 6.07) is 16.3. The van der Waals surface area contributed by atoms with Crippen LogP contribution in [0.2, 0.25) is 0 Å². The number of rotatable bonds is 8. The standard InChI is InChI=1S/C24H32N6O.C20H23N5O.C2H6.H2/c1-17-18(2)25-24-21-13-28(14-22(21)26-30(24)19(17)3)16-31-15-20-7-5-6-8-23(20)29-11-9-27(4)10-12-29;1-5-21-17-9-7-6-8-15(17)20(26)24-10-16-18(11-24)23-25-14(4)12(2)13(3)22-19(16)25;1-2;/h5-8H,9-16H2,1-4H3;6-9,21H,5,10-11H2,1-4H3;1-2H3;1H. The Labute approximate surface area is 350 Å². The maximum Gasteiger partial charge on any atom is 0.256 e. The minimum Gasteiger partial charge on any atom is -0.385 e. The van der Waals surface area contributed by atoms with Crippen molar-refractivity contribution in [2.45, 2.75) is 95.1 Å². The number of aromatic nitrogens is 6. The summed E-state index contributed by atoms with van der Waals surface area (Å²) in [5, 5.41) is 12.8. The van der Waals surface area contributed by atoms with Crippen LogP contribution >= 0.6 is 0 Å². The van der Waals surface area contributed by atoms with E-state index in [9.17, 15) is 4.79 Å². The SMILES string of the molecule is CC.CCNc1ccccc1C(=O)N1Cc2nn3c(C)c(C)c(C)nc3c2C1.Cc1nc2c3c(nn2c(C)c1C)CN(COCc1ccccc1N1CCN(C)CC1)C3.[HH]. The number of hydrogen-bond donors (Lipinski definition) is 1. The lowest BCUT2D eigenvalue weighted by molar-refractivity contribution is 0.0160. The van der Waals surface area contributed by atoms with Crippen LogP contribution < -0.4 is 10.2 Å². The average molecular weight is 802 g/mol. The molecule has 3 aliphatic rings. The van der Waals surface area contributed by atoms with Gasteiger partial charge in [0.15, 0.2) is 11.3 Å². The third-order valence-electron chi connectivity index (χ3n) is 12.1. The molecule has 1 fully saturated rings. The Balaban J connectivity index is 0.000000193. The van der Waals surface area contributed by atoms with Crippen molar-refractivity contribution in [3.63, 3.8) is 0 Å². The van der Waals surface area contributed by atoms with Crippen molar-refractivity contribution in [2.75, 3.05) is 56.7 Å². The van der Waals surface area contributed by atoms with Crippen molar-refractivity contribution >= 4 is 28.6 Å². The summed E-state index contributed by atoms with van der Waals surface area (Å²) in [6.07, 6.45) is 0. The smallest absolute Gasteiger partial charge is 0.256 e. The van der Waals surface area contributed by atoms with E-state index in [0.29, 0.717) is 32.0 Å². The fraction of sp³-hybridized carbons (Fsp3) is 0.457. The molecule has 0 saturated carbocycles. The van der Waals surface area contributed by atoms with E-state index in [1.54, 1.807) is 0 Å². The quantitative estimate of drug-likeness (QED) is 0.167. The van der Waals surface area contributed by atoms with Crippen LogP contribution in [-0.4, -0.2) is 96.3 Å². The van der Waals surface area contributed by atoms with Gasteiger partial charge in [0.1, 0.15) is 6.73 Å². The molecule has 59 heavy (non-hydrogen) atoms. The molecule has 13 heteroatoms. The molecule has 13 nitrogen and oxygen atoms in total. The normalized spacial score (nSPS) is 15.2. The van der Waals surface area contributed by atoms with Crippen LogP contribution in [0.4, 0.5) is 11.4 Å². The van der Waals surface area contributed by atoms with Gasteiger partial charge in [-0.25, -0.2) is 19.0 Å². The van der Waals surface area contributed by atoms with Crippen molar-refractivity contribution in [2.24, 2.45) is 0 Å². The minimum absolute atomic E-state index is 0. The second-order valence-electron chi connectivity index (χ2n) is 15.8. The van der Waals surface area contributed by atoms with E-state index in [-0.39, 0.29) is 7.33 Å². The molecule has 4 aromatic heterocycles. The number of hydrogen-bond acceptors (Lipinski definition) is 10. The number of amides is 1. The topological polar surface area (TPSA) is 112 Å². The Kier molecular flexibility index (Phi) is 12.6. The summed E-state index contributed by atoms with van der Waals surface area (Å²) in [7, 11) is 2.19. The predicted molar refractivity (Wildman–Crippen MR) is 237 cm³/mol. The molecule has 2 aromatic carbocycles. The number of anilines is 2. The molecule has 0 atom stereocenters. The van der Waals surface area contributed by atoms with Crippen LogP contribution in [0.3, 0.4) is 0 Å². The van der Waals surface area contributed by atoms with E-state index in [1.807, 2.05) is 65.9 Å². The Morgan fingerprint density at radius 3 is 1.97 bits per heavy atom. The highest BCUT2D eigenvalue weighted by Crippen LogP contribution is 2.31. The van der Waals surface area contributed by atoms with Gasteiger partial charge in [-0.2, -0.15) is 10.2 Å². The third-order valence-corrected chi connectivity index (χ3v) is 12.1. The van der Waals surface area contributed by atoms with E-state index < -0.39 is 0 Å². The molecule has 314 valence electrons. The molecule has 9 rings (SSSR count). The summed E-state index contributed by atoms with van der Waals surface area (Å²) in [5.41, 5.74) is 17.2. The van der Waals surface area contributed by atoms with E-state index in [4.69, 9.17) is 24.9 Å². The largest absolute Gasteiger partial charge is 0.385 e. The van der Waals surface area contributed by atoms with Gasteiger partial charge in [0.2, 0.25) is 0 Å². The molecule has 1 amide bonds. The lowest BCUT2D eigenvalue weighted by Gasteiger charge is -2.35. The number of nitrogens with one attached hydrogen (secondary N) is 1. The molecule has 0 bridgehead atoms. The molecule has 3 aliphatic heterocycles. The number of para-hydroxylation sites is 2. The van der Waals surface area contributed by atoms with Gasteiger partial charge in [-0.15, -0.1) is 0 Å². The molecule has 6 aromatic rings. The van der Waals surface area contributed by atoms with Crippen molar-refractivity contribution < 1.29 is 11.0 Å². The van der Waals surface area contributed by atoms with Crippen LogP contribution in [0.15, 0.2) is 48.5 Å². The zero-order valence-electron chi connectivity index (χ0n) is 36.7. The lowest BCUT2D eigenvalue weighted by atomic mass is 10.1. The second kappa shape index (κ2) is 17.9. The molecule has 0 unspecified atom stereocenters. The second-order valence-corrected chi connectivity index (χ2v) is 15.8. The highest BCUT2D eigenvalue weighted by atomic mass is 16.5. The van der Waals surface area contributed by atoms with Gasteiger partial charge in [0, 0.05) is 98.1 Å². The number of carbonyl (C=O) groups is 1. The molecular weight excluding hydrogens is 739 g/mol. The Bertz CT molecular complexity index is 2470. The molecule has 0 aliphatic carbocycles. The monoisotopic (exact) mass is 802 g/mol. The molecule has 1 saturated heterocycles. The van der Waals surface area contributed by atoms with Gasteiger partial charge < -0.3 is 24.8 Å². The van der Waals surface area contributed by atoms with Crippen molar-refractivity contribution in [1.29, 1.82) is 0 Å². The number of likely N-dealkylation sites (N-methyl/N-ethyl adjacent to an activating group) is 1. The van der Waals surface area contributed by atoms with E-state index in [0.717, 1.165) is 102 Å². The fourth-order valence-corrected chi connectivity index (χ4v) is 8.18. The first-order valence-corrected chi connectivity index (χ1v) is 21.1. The molecule has 0 radical (unpaired) electrons. The number of nitrogens with zero attached hydrogens (tertiary/aromatic N) is 10. The first-order chi connectivity index (χ1) is 28.5. The lowest BCUT2D eigenvalue weighted by Crippen LogP contribution is -2.44. The first kappa shape index (κ1) is 41.8. The van der Waals surface area contributed by atoms with E-state index >= 15 is 0 Å². The molecule has 0 spiro atoms. The number of piperazine rings is 1. The third kappa shape index (κ3) is 8.28. The molecule has 7 heterocycles. The van der Waals surface area contributed by atoms with Gasteiger partial charge in [-0.05, 0) is 84.8 Å². The number of fused-ring (bicyclic) bond motifs is 6. The fourth-order valence-electron chi connectivity index (χ4n) is 8.18. The highest BCUT2D eigenvalue weighted by Gasteiger charge is 2.31. The van der Waals surface area contributed by atoms with E-state index in [2.05, 4.69) is 85.9 Å². The molecular formula is C46H63N11O2. The van der Waals surface area contributed by atoms with Crippen LogP contribution in [0.25, 0.3) is 11.3 Å². The number of benzene rings is 2. The Hall–Kier alpha value is -5.37. The number of carbonyl (C=O) groups excluding carboxylic acids is 1. The summed E-state index contributed by atoms with van der Waals surface area (Å²) in [4.78, 5) is 31.6. The van der Waals surface area contributed by atoms with Gasteiger partial charge in [0.25, 0.3) is 5.91 Å². The summed E-state index contributed by atoms with van der Waals surface area (Å²) >= 11 is 0. The van der Waals surface area contributed by atoms with Crippen molar-refractivity contribution in [3.05, 3.63) is 116 Å². The number of ether oxygens (including phenoxy) is 1. The maximum atomic E-state index is 13.1. The summed E-state index contributed by atoms with van der Waals surface area (Å²) < 4.78 is 10.1. The predicted octanol–water partition coefficient (Wildman–Crippen LogP) is 7.41. The Morgan fingerprint density at radius 1 is 0.746 bits per heavy atom. The van der Waals surface area contributed by atoms with Crippen LogP contribution in [0.1, 0.15) is 94.5 Å². The van der Waals surface area contributed by atoms with Gasteiger partial charge in [-0.1, -0.05) is 44.2 Å². The van der Waals surface area contributed by atoms with Crippen molar-refractivity contribution in [3.8, 4) is 0 Å². The number of aryl methyl sites for hydroxylation is 4. The first-order valence-electron chi connectivity index (χ1n) is 21.1. The summed E-state index contributed by atoms with van der Waals surface area (Å²) in [6.45, 7) is 27.6. The van der Waals surface area contributed by atoms with E-state index in [1.165, 1.54) is 28.1 Å². The zero-order chi connectivity index (χ0) is 42.0. The molecule has 1 N–H and O–H groups in total. The van der Waals surface area contributed by atoms with Crippen LogP contribution in [-0.2, 0) is 37.5 Å². The van der Waals surface area contributed by atoms with Gasteiger partial charge in [0.05, 0.1) is 36.6 Å². The minimum atomic E-state index is 0. The maximum absolute atomic E-state index is 13.1. The summed E-state index contributed by atoms with van der Waals surface area (Å²) in [5.74, 6) is 0.0262. The van der Waals surface area contributed by atoms with Gasteiger partial charge >= 0.3 is 0 Å².